The average Bonchev–Trinajstić information content (AvgIpc) is 3.13. The van der Waals surface area contributed by atoms with Gasteiger partial charge in [0.1, 0.15) is 11.8 Å². The Hall–Kier alpha value is -2.78. The molecule has 9 heteroatoms. The fourth-order valence-corrected chi connectivity index (χ4v) is 3.80. The van der Waals surface area contributed by atoms with Gasteiger partial charge in [-0.2, -0.15) is 5.10 Å². The van der Waals surface area contributed by atoms with E-state index in [1.54, 1.807) is 12.4 Å². The van der Waals surface area contributed by atoms with E-state index in [1.807, 2.05) is 23.9 Å². The van der Waals surface area contributed by atoms with Gasteiger partial charge in [-0.25, -0.2) is 15.0 Å². The smallest absolute Gasteiger partial charge is 0.226 e. The van der Waals surface area contributed by atoms with Crippen LogP contribution in [0, 0.1) is 0 Å². The summed E-state index contributed by atoms with van der Waals surface area (Å²) in [4.78, 5) is 15.9. The number of pyridine rings is 1. The molecule has 152 valence electrons. The highest BCUT2D eigenvalue weighted by Gasteiger charge is 2.23. The summed E-state index contributed by atoms with van der Waals surface area (Å²) in [6.07, 6.45) is 5.37. The van der Waals surface area contributed by atoms with Crippen molar-refractivity contribution in [2.75, 3.05) is 44.4 Å². The van der Waals surface area contributed by atoms with E-state index in [9.17, 15) is 0 Å². The van der Waals surface area contributed by atoms with Gasteiger partial charge in [-0.1, -0.05) is 0 Å². The number of hydrogen-bond acceptors (Lipinski definition) is 8. The normalized spacial score (nSPS) is 18.3. The Morgan fingerprint density at radius 3 is 2.59 bits per heavy atom. The van der Waals surface area contributed by atoms with Crippen molar-refractivity contribution in [2.45, 2.75) is 18.9 Å². The van der Waals surface area contributed by atoms with Crippen molar-refractivity contribution in [3.8, 4) is 17.3 Å². The summed E-state index contributed by atoms with van der Waals surface area (Å²) in [6.45, 7) is 4.38. The maximum atomic E-state index is 6.28. The van der Waals surface area contributed by atoms with Crippen LogP contribution < -0.4 is 9.64 Å². The molecular formula is C20H24N6O3. The first-order valence-corrected chi connectivity index (χ1v) is 10.0. The van der Waals surface area contributed by atoms with Crippen molar-refractivity contribution >= 4 is 16.9 Å². The van der Waals surface area contributed by atoms with Gasteiger partial charge in [-0.05, 0) is 12.1 Å². The number of aromatic nitrogens is 5. The van der Waals surface area contributed by atoms with E-state index >= 15 is 0 Å². The van der Waals surface area contributed by atoms with Gasteiger partial charge < -0.3 is 19.1 Å². The molecule has 0 saturated carbocycles. The van der Waals surface area contributed by atoms with E-state index in [-0.39, 0.29) is 6.10 Å². The second kappa shape index (κ2) is 7.92. The number of aryl methyl sites for hydroxylation is 1. The molecule has 0 radical (unpaired) electrons. The van der Waals surface area contributed by atoms with Crippen LogP contribution in [0.2, 0.25) is 0 Å². The standard InChI is InChI=1S/C20H24N6O3/c1-25-16-3-7-21-19(29-14-4-10-27-11-5-14)17(16)18(24-25)15-2-6-22-20(23-15)26-8-12-28-13-9-26/h2-3,6-7,14H,4-5,8-13H2,1H3. The summed E-state index contributed by atoms with van der Waals surface area (Å²) in [5, 5.41) is 5.62. The molecule has 0 amide bonds. The molecule has 5 heterocycles. The molecular weight excluding hydrogens is 372 g/mol. The maximum Gasteiger partial charge on any atom is 0.226 e. The molecule has 0 N–H and O–H groups in total. The van der Waals surface area contributed by atoms with E-state index < -0.39 is 0 Å². The highest BCUT2D eigenvalue weighted by atomic mass is 16.5. The summed E-state index contributed by atoms with van der Waals surface area (Å²) in [5.74, 6) is 1.30. The third-order valence-corrected chi connectivity index (χ3v) is 5.36. The summed E-state index contributed by atoms with van der Waals surface area (Å²) in [6, 6.07) is 3.84. The zero-order valence-corrected chi connectivity index (χ0v) is 16.5. The SMILES string of the molecule is Cn1nc(-c2ccnc(N3CCOCC3)n2)c2c(OC3CCOCC3)nccc21. The van der Waals surface area contributed by atoms with Crippen LogP contribution in [0.3, 0.4) is 0 Å². The van der Waals surface area contributed by atoms with E-state index in [0.29, 0.717) is 25.0 Å². The minimum absolute atomic E-state index is 0.101. The number of morpholine rings is 1. The van der Waals surface area contributed by atoms with Crippen molar-refractivity contribution in [2.24, 2.45) is 7.05 Å². The highest BCUT2D eigenvalue weighted by molar-refractivity contribution is 5.96. The highest BCUT2D eigenvalue weighted by Crippen LogP contribution is 2.34. The lowest BCUT2D eigenvalue weighted by Gasteiger charge is -2.26. The molecule has 9 nitrogen and oxygen atoms in total. The van der Waals surface area contributed by atoms with Crippen LogP contribution in [0.4, 0.5) is 5.95 Å². The van der Waals surface area contributed by atoms with Crippen molar-refractivity contribution in [1.29, 1.82) is 0 Å². The Morgan fingerprint density at radius 1 is 1.00 bits per heavy atom. The van der Waals surface area contributed by atoms with E-state index in [1.165, 1.54) is 0 Å². The molecule has 0 aliphatic carbocycles. The van der Waals surface area contributed by atoms with Gasteiger partial charge in [-0.15, -0.1) is 0 Å². The summed E-state index contributed by atoms with van der Waals surface area (Å²) in [5.41, 5.74) is 2.48. The second-order valence-electron chi connectivity index (χ2n) is 7.25. The molecule has 0 aromatic carbocycles. The molecule has 3 aromatic heterocycles. The van der Waals surface area contributed by atoms with Gasteiger partial charge in [0.2, 0.25) is 11.8 Å². The summed E-state index contributed by atoms with van der Waals surface area (Å²) < 4.78 is 19.0. The van der Waals surface area contributed by atoms with E-state index in [4.69, 9.17) is 24.3 Å². The Balaban J connectivity index is 1.54. The number of hydrogen-bond donors (Lipinski definition) is 0. The van der Waals surface area contributed by atoms with Crippen molar-refractivity contribution in [1.82, 2.24) is 24.7 Å². The molecule has 0 atom stereocenters. The predicted octanol–water partition coefficient (Wildman–Crippen LogP) is 1.82. The number of ether oxygens (including phenoxy) is 3. The molecule has 5 rings (SSSR count). The molecule has 0 bridgehead atoms. The predicted molar refractivity (Wildman–Crippen MR) is 107 cm³/mol. The molecule has 2 saturated heterocycles. The molecule has 2 aliphatic rings. The quantitative estimate of drug-likeness (QED) is 0.660. The molecule has 29 heavy (non-hydrogen) atoms. The van der Waals surface area contributed by atoms with Gasteiger partial charge in [-0.3, -0.25) is 4.68 Å². The third-order valence-electron chi connectivity index (χ3n) is 5.36. The lowest BCUT2D eigenvalue weighted by Crippen LogP contribution is -2.37. The van der Waals surface area contributed by atoms with Crippen molar-refractivity contribution in [3.05, 3.63) is 24.5 Å². The molecule has 0 unspecified atom stereocenters. The maximum absolute atomic E-state index is 6.28. The largest absolute Gasteiger partial charge is 0.474 e. The van der Waals surface area contributed by atoms with Crippen LogP contribution in [0.1, 0.15) is 12.8 Å². The topological polar surface area (TPSA) is 87.4 Å². The first-order chi connectivity index (χ1) is 14.3. The van der Waals surface area contributed by atoms with Crippen LogP contribution in [-0.2, 0) is 16.5 Å². The van der Waals surface area contributed by atoms with E-state index in [2.05, 4.69) is 14.9 Å². The monoisotopic (exact) mass is 396 g/mol. The van der Waals surface area contributed by atoms with Crippen LogP contribution in [-0.4, -0.2) is 70.4 Å². The first-order valence-electron chi connectivity index (χ1n) is 10.0. The Labute approximate surface area is 168 Å². The van der Waals surface area contributed by atoms with Crippen LogP contribution in [0.15, 0.2) is 24.5 Å². The number of fused-ring (bicyclic) bond motifs is 1. The minimum atomic E-state index is 0.101. The lowest BCUT2D eigenvalue weighted by atomic mass is 10.1. The molecule has 2 aliphatic heterocycles. The van der Waals surface area contributed by atoms with Crippen molar-refractivity contribution < 1.29 is 14.2 Å². The van der Waals surface area contributed by atoms with Crippen LogP contribution in [0.25, 0.3) is 22.3 Å². The number of rotatable bonds is 4. The van der Waals surface area contributed by atoms with Gasteiger partial charge in [0.15, 0.2) is 0 Å². The van der Waals surface area contributed by atoms with Crippen LogP contribution >= 0.6 is 0 Å². The molecule has 0 spiro atoms. The van der Waals surface area contributed by atoms with Gasteiger partial charge in [0.25, 0.3) is 0 Å². The summed E-state index contributed by atoms with van der Waals surface area (Å²) in [7, 11) is 1.92. The van der Waals surface area contributed by atoms with Crippen LogP contribution in [0.5, 0.6) is 5.88 Å². The Kier molecular flexibility index (Phi) is 4.99. The second-order valence-corrected chi connectivity index (χ2v) is 7.25. The number of nitrogens with zero attached hydrogens (tertiary/aromatic N) is 6. The zero-order chi connectivity index (χ0) is 19.6. The Morgan fingerprint density at radius 2 is 1.76 bits per heavy atom. The fourth-order valence-electron chi connectivity index (χ4n) is 3.80. The van der Waals surface area contributed by atoms with Gasteiger partial charge in [0.05, 0.1) is 43.0 Å². The Bertz CT molecular complexity index is 995. The number of anilines is 1. The molecule has 2 fully saturated rings. The first kappa shape index (κ1) is 18.3. The molecule has 3 aromatic rings. The fraction of sp³-hybridized carbons (Fsp3) is 0.500. The summed E-state index contributed by atoms with van der Waals surface area (Å²) >= 11 is 0. The zero-order valence-electron chi connectivity index (χ0n) is 16.5. The minimum Gasteiger partial charge on any atom is -0.474 e. The average molecular weight is 396 g/mol. The van der Waals surface area contributed by atoms with Gasteiger partial charge >= 0.3 is 0 Å². The third kappa shape index (κ3) is 3.63. The van der Waals surface area contributed by atoms with Crippen molar-refractivity contribution in [3.63, 3.8) is 0 Å². The lowest BCUT2D eigenvalue weighted by molar-refractivity contribution is 0.0244. The van der Waals surface area contributed by atoms with E-state index in [0.717, 1.165) is 61.4 Å². The van der Waals surface area contributed by atoms with Gasteiger partial charge in [0, 0.05) is 45.4 Å².